The van der Waals surface area contributed by atoms with Gasteiger partial charge in [0, 0.05) is 12.6 Å². The van der Waals surface area contributed by atoms with Crippen LogP contribution < -0.4 is 10.0 Å². The Morgan fingerprint density at radius 2 is 1.75 bits per heavy atom. The highest BCUT2D eigenvalue weighted by Gasteiger charge is 2.15. The molecule has 0 aliphatic carbocycles. The quantitative estimate of drug-likeness (QED) is 0.717. The lowest BCUT2D eigenvalue weighted by Gasteiger charge is -2.18. The van der Waals surface area contributed by atoms with Crippen LogP contribution in [0, 0.1) is 6.92 Å². The van der Waals surface area contributed by atoms with E-state index in [1.54, 1.807) is 18.2 Å². The number of rotatable bonds is 7. The molecule has 0 unspecified atom stereocenters. The van der Waals surface area contributed by atoms with Crippen LogP contribution in [0.5, 0.6) is 0 Å². The fourth-order valence-corrected chi connectivity index (χ4v) is 3.26. The second-order valence-electron chi connectivity index (χ2n) is 5.84. The van der Waals surface area contributed by atoms with Gasteiger partial charge in [-0.3, -0.25) is 0 Å². The SMILES string of the molecule is CNS(=O)(=O)c1cccc([C@@H](C)NC[C@H](O)c2cccc(C)c2)c1. The van der Waals surface area contributed by atoms with Gasteiger partial charge in [0.25, 0.3) is 0 Å². The molecule has 5 nitrogen and oxygen atoms in total. The molecule has 0 saturated heterocycles. The summed E-state index contributed by atoms with van der Waals surface area (Å²) in [5.74, 6) is 0. The second-order valence-corrected chi connectivity index (χ2v) is 7.73. The predicted octanol–water partition coefficient (Wildman–Crippen LogP) is 2.29. The van der Waals surface area contributed by atoms with Gasteiger partial charge >= 0.3 is 0 Å². The average Bonchev–Trinajstić information content (AvgIpc) is 2.59. The van der Waals surface area contributed by atoms with Crippen LogP contribution in [-0.2, 0) is 10.0 Å². The zero-order valence-electron chi connectivity index (χ0n) is 14.2. The van der Waals surface area contributed by atoms with Crippen LogP contribution in [0.2, 0.25) is 0 Å². The summed E-state index contributed by atoms with van der Waals surface area (Å²) in [6, 6.07) is 14.5. The molecule has 0 aliphatic rings. The number of hydrogen-bond acceptors (Lipinski definition) is 4. The molecule has 0 spiro atoms. The Hall–Kier alpha value is -1.73. The summed E-state index contributed by atoms with van der Waals surface area (Å²) < 4.78 is 26.1. The molecular weight excluding hydrogens is 324 g/mol. The number of hydrogen-bond donors (Lipinski definition) is 3. The smallest absolute Gasteiger partial charge is 0.240 e. The first kappa shape index (κ1) is 18.6. The number of aliphatic hydroxyl groups excluding tert-OH is 1. The topological polar surface area (TPSA) is 78.4 Å². The molecule has 2 aromatic carbocycles. The summed E-state index contributed by atoms with van der Waals surface area (Å²) in [5, 5.41) is 13.5. The van der Waals surface area contributed by atoms with Crippen molar-refractivity contribution in [3.63, 3.8) is 0 Å². The molecule has 0 heterocycles. The molecule has 2 rings (SSSR count). The minimum Gasteiger partial charge on any atom is -0.387 e. The normalized spacial score (nSPS) is 14.3. The van der Waals surface area contributed by atoms with E-state index in [1.807, 2.05) is 44.2 Å². The molecule has 3 N–H and O–H groups in total. The molecule has 0 amide bonds. The summed E-state index contributed by atoms with van der Waals surface area (Å²) in [6.45, 7) is 4.31. The molecular formula is C18H24N2O3S. The molecule has 130 valence electrons. The fourth-order valence-electron chi connectivity index (χ4n) is 2.47. The van der Waals surface area contributed by atoms with Gasteiger partial charge in [-0.15, -0.1) is 0 Å². The van der Waals surface area contributed by atoms with Crippen molar-refractivity contribution in [2.45, 2.75) is 30.9 Å². The van der Waals surface area contributed by atoms with Gasteiger partial charge in [-0.2, -0.15) is 0 Å². The van der Waals surface area contributed by atoms with Gasteiger partial charge in [-0.05, 0) is 44.2 Å². The Morgan fingerprint density at radius 1 is 1.08 bits per heavy atom. The number of aliphatic hydroxyl groups is 1. The van der Waals surface area contributed by atoms with Gasteiger partial charge in [0.1, 0.15) is 0 Å². The van der Waals surface area contributed by atoms with E-state index in [0.29, 0.717) is 6.54 Å². The van der Waals surface area contributed by atoms with Gasteiger partial charge in [-0.25, -0.2) is 13.1 Å². The molecule has 0 aromatic heterocycles. The third-order valence-corrected chi connectivity index (χ3v) is 5.39. The van der Waals surface area contributed by atoms with Crippen molar-refractivity contribution >= 4 is 10.0 Å². The molecule has 0 bridgehead atoms. The maximum Gasteiger partial charge on any atom is 0.240 e. The Bertz CT molecular complexity index is 790. The van der Waals surface area contributed by atoms with Gasteiger partial charge in [0.2, 0.25) is 10.0 Å². The molecule has 0 aliphatic heterocycles. The van der Waals surface area contributed by atoms with Crippen LogP contribution in [0.25, 0.3) is 0 Å². The Kier molecular flexibility index (Phi) is 6.12. The van der Waals surface area contributed by atoms with E-state index in [-0.39, 0.29) is 10.9 Å². The van der Waals surface area contributed by atoms with Crippen molar-refractivity contribution in [3.8, 4) is 0 Å². The van der Waals surface area contributed by atoms with Crippen molar-refractivity contribution < 1.29 is 13.5 Å². The zero-order chi connectivity index (χ0) is 17.7. The highest BCUT2D eigenvalue weighted by Crippen LogP contribution is 2.19. The summed E-state index contributed by atoms with van der Waals surface area (Å²) >= 11 is 0. The Balaban J connectivity index is 2.05. The number of benzene rings is 2. The van der Waals surface area contributed by atoms with Crippen LogP contribution in [0.1, 0.15) is 35.8 Å². The van der Waals surface area contributed by atoms with E-state index in [9.17, 15) is 13.5 Å². The maximum absolute atomic E-state index is 11.9. The van der Waals surface area contributed by atoms with E-state index < -0.39 is 16.1 Å². The first-order chi connectivity index (χ1) is 11.3. The van der Waals surface area contributed by atoms with Crippen LogP contribution in [0.15, 0.2) is 53.4 Å². The van der Waals surface area contributed by atoms with Crippen LogP contribution in [-0.4, -0.2) is 27.1 Å². The van der Waals surface area contributed by atoms with Gasteiger partial charge in [0.05, 0.1) is 11.0 Å². The third kappa shape index (κ3) is 4.64. The predicted molar refractivity (Wildman–Crippen MR) is 95.2 cm³/mol. The molecule has 0 saturated carbocycles. The zero-order valence-corrected chi connectivity index (χ0v) is 15.0. The summed E-state index contributed by atoms with van der Waals surface area (Å²) in [4.78, 5) is 0.232. The Morgan fingerprint density at radius 3 is 2.42 bits per heavy atom. The number of nitrogens with one attached hydrogen (secondary N) is 2. The van der Waals surface area contributed by atoms with Gasteiger partial charge in [-0.1, -0.05) is 42.0 Å². The standard InChI is InChI=1S/C18H24N2O3S/c1-13-6-4-8-16(10-13)18(21)12-20-14(2)15-7-5-9-17(11-15)24(22,23)19-3/h4-11,14,18-21H,12H2,1-3H3/t14-,18+/m1/s1. The number of sulfonamides is 1. The highest BCUT2D eigenvalue weighted by atomic mass is 32.2. The van der Waals surface area contributed by atoms with Gasteiger partial charge < -0.3 is 10.4 Å². The summed E-state index contributed by atoms with van der Waals surface area (Å²) in [5.41, 5.74) is 2.81. The van der Waals surface area contributed by atoms with Crippen molar-refractivity contribution in [2.75, 3.05) is 13.6 Å². The minimum atomic E-state index is -3.46. The lowest BCUT2D eigenvalue weighted by Crippen LogP contribution is -2.25. The first-order valence-corrected chi connectivity index (χ1v) is 9.33. The van der Waals surface area contributed by atoms with E-state index in [0.717, 1.165) is 16.7 Å². The van der Waals surface area contributed by atoms with E-state index >= 15 is 0 Å². The lowest BCUT2D eigenvalue weighted by molar-refractivity contribution is 0.170. The molecule has 0 fully saturated rings. The van der Waals surface area contributed by atoms with Crippen LogP contribution >= 0.6 is 0 Å². The number of aryl methyl sites for hydroxylation is 1. The van der Waals surface area contributed by atoms with Crippen LogP contribution in [0.4, 0.5) is 0 Å². The van der Waals surface area contributed by atoms with E-state index in [2.05, 4.69) is 10.0 Å². The van der Waals surface area contributed by atoms with Gasteiger partial charge in [0.15, 0.2) is 0 Å². The van der Waals surface area contributed by atoms with E-state index in [4.69, 9.17) is 0 Å². The fraction of sp³-hybridized carbons (Fsp3) is 0.333. The lowest BCUT2D eigenvalue weighted by atomic mass is 10.1. The Labute approximate surface area is 143 Å². The first-order valence-electron chi connectivity index (χ1n) is 7.85. The molecule has 24 heavy (non-hydrogen) atoms. The maximum atomic E-state index is 11.9. The van der Waals surface area contributed by atoms with Crippen molar-refractivity contribution in [1.82, 2.24) is 10.0 Å². The van der Waals surface area contributed by atoms with Crippen LogP contribution in [0.3, 0.4) is 0 Å². The third-order valence-electron chi connectivity index (χ3n) is 3.98. The van der Waals surface area contributed by atoms with E-state index in [1.165, 1.54) is 7.05 Å². The largest absolute Gasteiger partial charge is 0.387 e. The van der Waals surface area contributed by atoms with Crippen molar-refractivity contribution in [3.05, 3.63) is 65.2 Å². The van der Waals surface area contributed by atoms with Crippen molar-refractivity contribution in [1.29, 1.82) is 0 Å². The molecule has 2 aromatic rings. The average molecular weight is 348 g/mol. The molecule has 2 atom stereocenters. The molecule has 6 heteroatoms. The summed E-state index contributed by atoms with van der Waals surface area (Å²) in [6.07, 6.45) is -0.614. The summed E-state index contributed by atoms with van der Waals surface area (Å²) in [7, 11) is -2.07. The minimum absolute atomic E-state index is 0.0866. The van der Waals surface area contributed by atoms with Crippen molar-refractivity contribution in [2.24, 2.45) is 0 Å². The second kappa shape index (κ2) is 7.90. The monoisotopic (exact) mass is 348 g/mol. The molecule has 0 radical (unpaired) electrons. The highest BCUT2D eigenvalue weighted by molar-refractivity contribution is 7.89.